The second-order valence-electron chi connectivity index (χ2n) is 5.67. The van der Waals surface area contributed by atoms with Gasteiger partial charge in [-0.2, -0.15) is 13.2 Å². The van der Waals surface area contributed by atoms with Crippen LogP contribution in [-0.4, -0.2) is 29.0 Å². The maximum Gasteiger partial charge on any atom is 0.480 e. The van der Waals surface area contributed by atoms with Crippen LogP contribution in [0.2, 0.25) is 0 Å². The van der Waals surface area contributed by atoms with Gasteiger partial charge in [-0.25, -0.2) is 16.8 Å². The van der Waals surface area contributed by atoms with E-state index in [9.17, 15) is 30.0 Å². The summed E-state index contributed by atoms with van der Waals surface area (Å²) in [6.45, 7) is 2.70. The summed E-state index contributed by atoms with van der Waals surface area (Å²) in [5.74, 6) is 0.750. The van der Waals surface area contributed by atoms with E-state index in [0.29, 0.717) is 6.61 Å². The first-order chi connectivity index (χ1) is 13.4. The first-order valence-electron chi connectivity index (χ1n) is 8.23. The number of nitrogens with zero attached hydrogens (tertiary/aromatic N) is 1. The topological polar surface area (TPSA) is 91.6 Å². The molecular weight excluding hydrogens is 546 g/mol. The lowest BCUT2D eigenvalue weighted by molar-refractivity contribution is -0.597. The van der Waals surface area contributed by atoms with Crippen LogP contribution in [0.25, 0.3) is 4.13 Å². The van der Waals surface area contributed by atoms with E-state index in [1.807, 2.05) is 24.3 Å². The van der Waals surface area contributed by atoms with Gasteiger partial charge in [0, 0.05) is 4.90 Å². The van der Waals surface area contributed by atoms with Crippen LogP contribution in [0, 0.1) is 7.14 Å². The number of ether oxygens (including phenoxy) is 1. The summed E-state index contributed by atoms with van der Waals surface area (Å²) in [6.07, 6.45) is 1.99. The Hall–Kier alpha value is -1.38. The SMILES string of the molecule is CCCCOc1ccc([I+]c2ccc(S(=O)(=O)[N-]S(=O)(=O)C(F)(F)F)cc2)cc1. The number of rotatable bonds is 9. The molecule has 0 aliphatic carbocycles. The summed E-state index contributed by atoms with van der Waals surface area (Å²) >= 11 is -0.676. The van der Waals surface area contributed by atoms with Crippen LogP contribution >= 0.6 is 0 Å². The Morgan fingerprint density at radius 2 is 1.45 bits per heavy atom. The fourth-order valence-electron chi connectivity index (χ4n) is 1.94. The number of hydrogen-bond donors (Lipinski definition) is 0. The highest BCUT2D eigenvalue weighted by atomic mass is 127. The summed E-state index contributed by atoms with van der Waals surface area (Å²) in [4.78, 5) is -0.627. The maximum atomic E-state index is 12.4. The van der Waals surface area contributed by atoms with Gasteiger partial charge >= 0.3 is 26.7 Å². The van der Waals surface area contributed by atoms with Crippen molar-refractivity contribution in [2.45, 2.75) is 30.2 Å². The molecule has 0 N–H and O–H groups in total. The van der Waals surface area contributed by atoms with E-state index < -0.39 is 51.7 Å². The van der Waals surface area contributed by atoms with Crippen molar-refractivity contribution in [1.29, 1.82) is 0 Å². The van der Waals surface area contributed by atoms with Gasteiger partial charge in [-0.3, -0.25) is 0 Å². The van der Waals surface area contributed by atoms with Gasteiger partial charge in [0.15, 0.2) is 17.2 Å². The molecule has 0 fully saturated rings. The molecule has 0 spiro atoms. The van der Waals surface area contributed by atoms with Gasteiger partial charge in [0.2, 0.25) is 0 Å². The number of benzene rings is 2. The van der Waals surface area contributed by atoms with E-state index in [4.69, 9.17) is 4.74 Å². The highest BCUT2D eigenvalue weighted by Gasteiger charge is 2.40. The average molecular weight is 563 g/mol. The van der Waals surface area contributed by atoms with E-state index in [1.165, 1.54) is 12.1 Å². The molecule has 12 heteroatoms. The zero-order chi connectivity index (χ0) is 21.7. The predicted molar refractivity (Wildman–Crippen MR) is 96.2 cm³/mol. The highest BCUT2D eigenvalue weighted by Crippen LogP contribution is 2.32. The van der Waals surface area contributed by atoms with Gasteiger partial charge in [-0.15, -0.1) is 0 Å². The summed E-state index contributed by atoms with van der Waals surface area (Å²) in [5, 5.41) is 0. The molecule has 0 aromatic heterocycles. The molecule has 0 saturated heterocycles. The third-order valence-electron chi connectivity index (χ3n) is 3.40. The minimum Gasteiger partial charge on any atom is -0.494 e. The molecule has 0 unspecified atom stereocenters. The number of halogens is 4. The van der Waals surface area contributed by atoms with Crippen LogP contribution in [0.4, 0.5) is 13.2 Å². The lowest BCUT2D eigenvalue weighted by Gasteiger charge is -2.21. The second kappa shape index (κ2) is 9.62. The Kier molecular flexibility index (Phi) is 7.93. The minimum absolute atomic E-state index is 0.627. The third kappa shape index (κ3) is 6.83. The molecule has 160 valence electrons. The van der Waals surface area contributed by atoms with Crippen LogP contribution in [-0.2, 0) is 20.0 Å². The van der Waals surface area contributed by atoms with Crippen molar-refractivity contribution in [3.05, 3.63) is 59.8 Å². The quantitative estimate of drug-likeness (QED) is 0.334. The fourth-order valence-corrected chi connectivity index (χ4v) is 6.29. The number of alkyl halides is 3. The Morgan fingerprint density at radius 1 is 0.931 bits per heavy atom. The molecule has 0 aliphatic heterocycles. The van der Waals surface area contributed by atoms with E-state index in [1.54, 1.807) is 0 Å². The average Bonchev–Trinajstić information content (AvgIpc) is 2.62. The van der Waals surface area contributed by atoms with Crippen molar-refractivity contribution in [1.82, 2.24) is 0 Å². The van der Waals surface area contributed by atoms with Crippen molar-refractivity contribution in [3.63, 3.8) is 0 Å². The normalized spacial score (nSPS) is 12.7. The largest absolute Gasteiger partial charge is 0.494 e. The molecule has 0 saturated carbocycles. The molecule has 2 aromatic carbocycles. The molecule has 0 amide bonds. The van der Waals surface area contributed by atoms with Crippen molar-refractivity contribution < 1.29 is 55.9 Å². The van der Waals surface area contributed by atoms with Gasteiger partial charge < -0.3 is 8.86 Å². The zero-order valence-corrected chi connectivity index (χ0v) is 18.8. The fraction of sp³-hybridized carbons (Fsp3) is 0.294. The van der Waals surface area contributed by atoms with E-state index in [0.717, 1.165) is 37.9 Å². The first kappa shape index (κ1) is 23.9. The summed E-state index contributed by atoms with van der Waals surface area (Å²) < 4.78 is 92.2. The summed E-state index contributed by atoms with van der Waals surface area (Å²) in [6, 6.07) is 12.4. The van der Waals surface area contributed by atoms with Crippen LogP contribution < -0.4 is 25.9 Å². The zero-order valence-electron chi connectivity index (χ0n) is 15.1. The van der Waals surface area contributed by atoms with Gasteiger partial charge in [0.25, 0.3) is 0 Å². The molecule has 0 bridgehead atoms. The van der Waals surface area contributed by atoms with Crippen molar-refractivity contribution in [3.8, 4) is 5.75 Å². The Bertz CT molecular complexity index is 1020. The number of sulfonamides is 2. The number of hydrogen-bond acceptors (Lipinski definition) is 5. The molecule has 6 nitrogen and oxygen atoms in total. The second-order valence-corrected chi connectivity index (χ2v) is 12.1. The highest BCUT2D eigenvalue weighted by molar-refractivity contribution is 8.12. The molecule has 0 atom stereocenters. The Balaban J connectivity index is 2.06. The molecule has 29 heavy (non-hydrogen) atoms. The molecule has 0 heterocycles. The van der Waals surface area contributed by atoms with Gasteiger partial charge in [-0.05, 0) is 55.0 Å². The lowest BCUT2D eigenvalue weighted by atomic mass is 10.3. The number of unbranched alkanes of at least 4 members (excludes halogenated alkanes) is 1. The van der Waals surface area contributed by atoms with Crippen LogP contribution in [0.15, 0.2) is 53.4 Å². The smallest absolute Gasteiger partial charge is 0.480 e. The standard InChI is InChI=1S/C17H17F3INO5S2/c1-2-3-12-27-15-8-4-13(5-9-15)21-14-6-10-16(11-7-14)28(23,24)22-29(25,26)17(18,19)20/h4-11H,2-3,12H2,1H3. The molecule has 0 aliphatic rings. The Morgan fingerprint density at radius 3 is 1.93 bits per heavy atom. The van der Waals surface area contributed by atoms with E-state index >= 15 is 0 Å². The third-order valence-corrected chi connectivity index (χ3v) is 9.11. The van der Waals surface area contributed by atoms with Crippen LogP contribution in [0.5, 0.6) is 5.75 Å². The van der Waals surface area contributed by atoms with E-state index in [2.05, 4.69) is 11.1 Å². The molecule has 2 aromatic rings. The van der Waals surface area contributed by atoms with Crippen molar-refractivity contribution >= 4 is 20.0 Å². The molecule has 2 rings (SSSR count). The maximum absolute atomic E-state index is 12.4. The van der Waals surface area contributed by atoms with Gasteiger partial charge in [-0.1, -0.05) is 13.3 Å². The predicted octanol–water partition coefficient (Wildman–Crippen LogP) is 0.906. The Labute approximate surface area is 177 Å². The first-order valence-corrected chi connectivity index (χ1v) is 13.3. The van der Waals surface area contributed by atoms with Crippen LogP contribution in [0.3, 0.4) is 0 Å². The van der Waals surface area contributed by atoms with Crippen molar-refractivity contribution in [2.24, 2.45) is 0 Å². The minimum atomic E-state index is -6.14. The molecular formula is C17H17F3INO5S2. The van der Waals surface area contributed by atoms with Gasteiger partial charge in [0.05, 0.1) is 6.61 Å². The van der Waals surface area contributed by atoms with Crippen molar-refractivity contribution in [2.75, 3.05) is 6.61 Å². The summed E-state index contributed by atoms with van der Waals surface area (Å²) in [7, 11) is -11.1. The van der Waals surface area contributed by atoms with E-state index in [-0.39, 0.29) is 0 Å². The van der Waals surface area contributed by atoms with Gasteiger partial charge in [0.1, 0.15) is 15.8 Å². The monoisotopic (exact) mass is 563 g/mol. The summed E-state index contributed by atoms with van der Waals surface area (Å²) in [5.41, 5.74) is -5.78. The lowest BCUT2D eigenvalue weighted by Crippen LogP contribution is -3.61. The van der Waals surface area contributed by atoms with Crippen LogP contribution in [0.1, 0.15) is 19.8 Å². The molecule has 0 radical (unpaired) electrons.